The summed E-state index contributed by atoms with van der Waals surface area (Å²) in [6.45, 7) is 10.3. The van der Waals surface area contributed by atoms with Crippen LogP contribution in [0.5, 0.6) is 0 Å². The number of aliphatic hydroxyl groups is 1. The molecule has 12 heavy (non-hydrogen) atoms. The van der Waals surface area contributed by atoms with Crippen molar-refractivity contribution in [3.8, 4) is 0 Å². The molecule has 0 amide bonds. The van der Waals surface area contributed by atoms with Gasteiger partial charge in [-0.15, -0.1) is 0 Å². The molecule has 0 radical (unpaired) electrons. The highest BCUT2D eigenvalue weighted by atomic mass is 16.3. The quantitative estimate of drug-likeness (QED) is 0.683. The van der Waals surface area contributed by atoms with Gasteiger partial charge in [0.1, 0.15) is 0 Å². The maximum absolute atomic E-state index is 9.58. The van der Waals surface area contributed by atoms with E-state index in [-0.39, 0.29) is 17.6 Å². The SMILES string of the molecule is CC(C)[C@@H](O)C[C@@H](N)C(C)(C)C. The minimum Gasteiger partial charge on any atom is -0.393 e. The summed E-state index contributed by atoms with van der Waals surface area (Å²) in [6.07, 6.45) is 0.431. The molecule has 0 spiro atoms. The molecule has 0 aromatic carbocycles. The van der Waals surface area contributed by atoms with E-state index in [2.05, 4.69) is 20.8 Å². The smallest absolute Gasteiger partial charge is 0.0578 e. The molecule has 0 aliphatic carbocycles. The largest absolute Gasteiger partial charge is 0.393 e. The van der Waals surface area contributed by atoms with E-state index in [1.54, 1.807) is 0 Å². The minimum absolute atomic E-state index is 0.0786. The van der Waals surface area contributed by atoms with Gasteiger partial charge in [-0.25, -0.2) is 0 Å². The van der Waals surface area contributed by atoms with Crippen molar-refractivity contribution in [3.63, 3.8) is 0 Å². The van der Waals surface area contributed by atoms with Crippen LogP contribution in [0.2, 0.25) is 0 Å². The Morgan fingerprint density at radius 2 is 1.67 bits per heavy atom. The molecular weight excluding hydrogens is 150 g/mol. The van der Waals surface area contributed by atoms with Crippen LogP contribution in [0.15, 0.2) is 0 Å². The van der Waals surface area contributed by atoms with Crippen molar-refractivity contribution in [1.82, 2.24) is 0 Å². The van der Waals surface area contributed by atoms with E-state index in [9.17, 15) is 5.11 Å². The van der Waals surface area contributed by atoms with Crippen molar-refractivity contribution < 1.29 is 5.11 Å². The summed E-state index contributed by atoms with van der Waals surface area (Å²) < 4.78 is 0. The predicted octanol–water partition coefficient (Wildman–Crippen LogP) is 1.77. The van der Waals surface area contributed by atoms with Gasteiger partial charge in [0.05, 0.1) is 6.10 Å². The lowest BCUT2D eigenvalue weighted by Crippen LogP contribution is -2.39. The summed E-state index contributed by atoms with van der Waals surface area (Å²) in [6, 6.07) is 0.0786. The summed E-state index contributed by atoms with van der Waals surface area (Å²) in [7, 11) is 0. The minimum atomic E-state index is -0.265. The van der Waals surface area contributed by atoms with Crippen LogP contribution in [0, 0.1) is 11.3 Å². The zero-order valence-electron chi connectivity index (χ0n) is 8.96. The van der Waals surface area contributed by atoms with E-state index >= 15 is 0 Å². The number of hydrogen-bond donors (Lipinski definition) is 2. The second-order valence-electron chi connectivity index (χ2n) is 5.02. The molecule has 0 saturated carbocycles. The monoisotopic (exact) mass is 173 g/mol. The molecule has 0 unspecified atom stereocenters. The Hall–Kier alpha value is -0.0800. The summed E-state index contributed by atoms with van der Waals surface area (Å²) in [5.74, 6) is 0.304. The Kier molecular flexibility index (Phi) is 4.21. The Labute approximate surface area is 76.2 Å². The van der Waals surface area contributed by atoms with Gasteiger partial charge in [0.2, 0.25) is 0 Å². The normalized spacial score (nSPS) is 18.0. The molecule has 2 heteroatoms. The van der Waals surface area contributed by atoms with Gasteiger partial charge in [0.25, 0.3) is 0 Å². The molecular formula is C10H23NO. The molecule has 0 bridgehead atoms. The fourth-order valence-corrected chi connectivity index (χ4v) is 0.886. The van der Waals surface area contributed by atoms with Crippen molar-refractivity contribution in [1.29, 1.82) is 0 Å². The molecule has 0 aromatic heterocycles. The van der Waals surface area contributed by atoms with E-state index in [1.807, 2.05) is 13.8 Å². The zero-order chi connectivity index (χ0) is 9.94. The fourth-order valence-electron chi connectivity index (χ4n) is 0.886. The van der Waals surface area contributed by atoms with Crippen molar-refractivity contribution >= 4 is 0 Å². The first-order chi connectivity index (χ1) is 5.25. The van der Waals surface area contributed by atoms with Crippen LogP contribution in [-0.2, 0) is 0 Å². The van der Waals surface area contributed by atoms with E-state index in [1.165, 1.54) is 0 Å². The molecule has 2 atom stereocenters. The highest BCUT2D eigenvalue weighted by Gasteiger charge is 2.24. The second kappa shape index (κ2) is 4.24. The number of aliphatic hydroxyl groups excluding tert-OH is 1. The third kappa shape index (κ3) is 4.07. The molecule has 0 saturated heterocycles. The third-order valence-corrected chi connectivity index (χ3v) is 2.38. The molecule has 0 aliphatic rings. The summed E-state index contributed by atoms with van der Waals surface area (Å²) in [4.78, 5) is 0. The maximum Gasteiger partial charge on any atom is 0.0578 e. The highest BCUT2D eigenvalue weighted by molar-refractivity contribution is 4.80. The van der Waals surface area contributed by atoms with Gasteiger partial charge in [-0.1, -0.05) is 34.6 Å². The Bertz CT molecular complexity index is 126. The molecule has 0 rings (SSSR count). The maximum atomic E-state index is 9.58. The van der Waals surface area contributed by atoms with Crippen molar-refractivity contribution in [2.75, 3.05) is 0 Å². The van der Waals surface area contributed by atoms with Gasteiger partial charge in [0.15, 0.2) is 0 Å². The molecule has 74 valence electrons. The topological polar surface area (TPSA) is 46.2 Å². The van der Waals surface area contributed by atoms with E-state index in [0.29, 0.717) is 12.3 Å². The fraction of sp³-hybridized carbons (Fsp3) is 1.00. The van der Waals surface area contributed by atoms with Gasteiger partial charge < -0.3 is 10.8 Å². The van der Waals surface area contributed by atoms with Gasteiger partial charge >= 0.3 is 0 Å². The number of rotatable bonds is 3. The van der Waals surface area contributed by atoms with Gasteiger partial charge in [-0.3, -0.25) is 0 Å². The Morgan fingerprint density at radius 3 is 1.92 bits per heavy atom. The van der Waals surface area contributed by atoms with Gasteiger partial charge in [-0.05, 0) is 17.8 Å². The number of nitrogens with two attached hydrogens (primary N) is 1. The van der Waals surface area contributed by atoms with Crippen LogP contribution in [0.3, 0.4) is 0 Å². The average Bonchev–Trinajstić information content (AvgIpc) is 1.85. The molecule has 0 heterocycles. The predicted molar refractivity (Wildman–Crippen MR) is 52.9 cm³/mol. The van der Waals surface area contributed by atoms with Crippen LogP contribution in [0.1, 0.15) is 41.0 Å². The molecule has 0 aliphatic heterocycles. The van der Waals surface area contributed by atoms with Crippen molar-refractivity contribution in [2.45, 2.75) is 53.2 Å². The van der Waals surface area contributed by atoms with E-state index < -0.39 is 0 Å². The van der Waals surface area contributed by atoms with E-state index in [4.69, 9.17) is 5.73 Å². The summed E-state index contributed by atoms with van der Waals surface area (Å²) in [5.41, 5.74) is 6.02. The third-order valence-electron chi connectivity index (χ3n) is 2.38. The van der Waals surface area contributed by atoms with Crippen LogP contribution >= 0.6 is 0 Å². The average molecular weight is 173 g/mol. The van der Waals surface area contributed by atoms with Crippen molar-refractivity contribution in [2.24, 2.45) is 17.1 Å². The molecule has 0 aromatic rings. The summed E-state index contributed by atoms with van der Waals surface area (Å²) in [5, 5.41) is 9.58. The van der Waals surface area contributed by atoms with Crippen LogP contribution in [0.4, 0.5) is 0 Å². The van der Waals surface area contributed by atoms with Gasteiger partial charge in [-0.2, -0.15) is 0 Å². The molecule has 0 fully saturated rings. The first-order valence-corrected chi connectivity index (χ1v) is 4.68. The standard InChI is InChI=1S/C10H23NO/c1-7(2)8(12)6-9(11)10(3,4)5/h7-9,12H,6,11H2,1-5H3/t8-,9+/m0/s1. The first kappa shape index (κ1) is 11.9. The van der Waals surface area contributed by atoms with E-state index in [0.717, 1.165) is 0 Å². The lowest BCUT2D eigenvalue weighted by molar-refractivity contribution is 0.0915. The lowest BCUT2D eigenvalue weighted by atomic mass is 9.82. The van der Waals surface area contributed by atoms with Gasteiger partial charge in [0, 0.05) is 6.04 Å². The highest BCUT2D eigenvalue weighted by Crippen LogP contribution is 2.22. The van der Waals surface area contributed by atoms with Crippen LogP contribution < -0.4 is 5.73 Å². The van der Waals surface area contributed by atoms with Crippen LogP contribution in [-0.4, -0.2) is 17.3 Å². The molecule has 3 N–H and O–H groups in total. The number of hydrogen-bond acceptors (Lipinski definition) is 2. The lowest BCUT2D eigenvalue weighted by Gasteiger charge is -2.29. The second-order valence-corrected chi connectivity index (χ2v) is 5.02. The van der Waals surface area contributed by atoms with Crippen LogP contribution in [0.25, 0.3) is 0 Å². The molecule has 2 nitrogen and oxygen atoms in total. The Balaban J connectivity index is 3.93. The van der Waals surface area contributed by atoms with Crippen molar-refractivity contribution in [3.05, 3.63) is 0 Å². The first-order valence-electron chi connectivity index (χ1n) is 4.68. The summed E-state index contributed by atoms with van der Waals surface area (Å²) >= 11 is 0. The Morgan fingerprint density at radius 1 is 1.25 bits per heavy atom. The zero-order valence-corrected chi connectivity index (χ0v) is 8.96.